The summed E-state index contributed by atoms with van der Waals surface area (Å²) in [6.07, 6.45) is 3.50. The highest BCUT2D eigenvalue weighted by Gasteiger charge is 2.19. The molecule has 0 aliphatic rings. The third-order valence-corrected chi connectivity index (χ3v) is 3.67. The number of aromatic nitrogens is 2. The average molecular weight is 253 g/mol. The van der Waals surface area contributed by atoms with Crippen molar-refractivity contribution in [3.8, 4) is 11.3 Å². The summed E-state index contributed by atoms with van der Waals surface area (Å²) in [5.74, 6) is 0. The predicted molar refractivity (Wildman–Crippen MR) is 74.8 cm³/mol. The highest BCUT2D eigenvalue weighted by Crippen LogP contribution is 2.29. The van der Waals surface area contributed by atoms with Gasteiger partial charge in [0.2, 0.25) is 0 Å². The van der Waals surface area contributed by atoms with Gasteiger partial charge >= 0.3 is 5.71 Å². The van der Waals surface area contributed by atoms with Crippen LogP contribution in [-0.2, 0) is 7.05 Å². The molecule has 0 amide bonds. The third kappa shape index (κ3) is 1.82. The van der Waals surface area contributed by atoms with Crippen LogP contribution in [0.1, 0.15) is 16.7 Å². The van der Waals surface area contributed by atoms with Crippen LogP contribution in [0.2, 0.25) is 0 Å². The SMILES string of the molecule is Cc1cc(C)c(C)c(-c2c3ccoc3nc[n+]2C)c1. The minimum absolute atomic E-state index is 0.687. The van der Waals surface area contributed by atoms with E-state index in [0.717, 1.165) is 11.1 Å². The number of fused-ring (bicyclic) bond motifs is 1. The monoisotopic (exact) mass is 253 g/mol. The Hall–Kier alpha value is -2.16. The number of furan rings is 1. The van der Waals surface area contributed by atoms with E-state index in [1.165, 1.54) is 22.3 Å². The molecule has 0 atom stereocenters. The van der Waals surface area contributed by atoms with Crippen molar-refractivity contribution in [2.24, 2.45) is 7.05 Å². The molecule has 19 heavy (non-hydrogen) atoms. The predicted octanol–water partition coefficient (Wildman–Crippen LogP) is 3.24. The molecule has 2 heterocycles. The second-order valence-corrected chi connectivity index (χ2v) is 5.10. The molecule has 0 bridgehead atoms. The van der Waals surface area contributed by atoms with E-state index in [0.29, 0.717) is 5.71 Å². The van der Waals surface area contributed by atoms with Crippen molar-refractivity contribution in [1.82, 2.24) is 4.98 Å². The Labute approximate surface area is 112 Å². The Balaban J connectivity index is 2.42. The van der Waals surface area contributed by atoms with E-state index < -0.39 is 0 Å². The van der Waals surface area contributed by atoms with Gasteiger partial charge < -0.3 is 4.42 Å². The first-order valence-corrected chi connectivity index (χ1v) is 6.38. The van der Waals surface area contributed by atoms with Crippen molar-refractivity contribution < 1.29 is 8.98 Å². The van der Waals surface area contributed by atoms with Crippen LogP contribution in [0.25, 0.3) is 22.4 Å². The highest BCUT2D eigenvalue weighted by atomic mass is 16.3. The van der Waals surface area contributed by atoms with Gasteiger partial charge in [-0.2, -0.15) is 0 Å². The standard InChI is InChI=1S/C16H17N2O/c1-10-7-11(2)12(3)14(8-10)15-13-5-6-19-16(13)17-9-18(15)4/h5-9H,1-4H3/q+1. The second-order valence-electron chi connectivity index (χ2n) is 5.10. The summed E-state index contributed by atoms with van der Waals surface area (Å²) in [5, 5.41) is 1.05. The quantitative estimate of drug-likeness (QED) is 0.623. The van der Waals surface area contributed by atoms with Gasteiger partial charge in [-0.3, -0.25) is 0 Å². The van der Waals surface area contributed by atoms with E-state index in [9.17, 15) is 0 Å². The minimum atomic E-state index is 0.687. The first kappa shape index (κ1) is 11.9. The smallest absolute Gasteiger partial charge is 0.344 e. The van der Waals surface area contributed by atoms with Gasteiger partial charge in [0.1, 0.15) is 11.1 Å². The number of rotatable bonds is 1. The van der Waals surface area contributed by atoms with Crippen LogP contribution >= 0.6 is 0 Å². The Morgan fingerprint density at radius 2 is 1.95 bits per heavy atom. The van der Waals surface area contributed by atoms with E-state index in [1.54, 1.807) is 12.6 Å². The van der Waals surface area contributed by atoms with Crippen molar-refractivity contribution in [3.05, 3.63) is 47.5 Å². The molecule has 0 aliphatic carbocycles. The molecule has 0 unspecified atom stereocenters. The second kappa shape index (κ2) is 4.19. The molecule has 3 heteroatoms. The normalized spacial score (nSPS) is 11.2. The summed E-state index contributed by atoms with van der Waals surface area (Å²) < 4.78 is 7.47. The van der Waals surface area contributed by atoms with Gasteiger partial charge in [0.15, 0.2) is 0 Å². The topological polar surface area (TPSA) is 29.9 Å². The molecule has 0 spiro atoms. The lowest BCUT2D eigenvalue weighted by Gasteiger charge is -2.10. The highest BCUT2D eigenvalue weighted by molar-refractivity contribution is 5.88. The van der Waals surface area contributed by atoms with Gasteiger partial charge in [-0.1, -0.05) is 11.6 Å². The summed E-state index contributed by atoms with van der Waals surface area (Å²) in [5.41, 5.74) is 6.97. The van der Waals surface area contributed by atoms with Crippen LogP contribution < -0.4 is 4.57 Å². The molecule has 1 aromatic carbocycles. The number of benzene rings is 1. The van der Waals surface area contributed by atoms with Crippen LogP contribution in [0.4, 0.5) is 0 Å². The summed E-state index contributed by atoms with van der Waals surface area (Å²) in [6.45, 7) is 6.44. The van der Waals surface area contributed by atoms with Crippen LogP contribution in [-0.4, -0.2) is 4.98 Å². The molecule has 96 valence electrons. The Kier molecular flexibility index (Phi) is 2.63. The number of hydrogen-bond acceptors (Lipinski definition) is 2. The molecule has 0 radical (unpaired) electrons. The maximum atomic E-state index is 5.41. The molecule has 0 aliphatic heterocycles. The van der Waals surface area contributed by atoms with Gasteiger partial charge in [0.25, 0.3) is 6.33 Å². The Bertz CT molecular complexity index is 772. The van der Waals surface area contributed by atoms with Crippen molar-refractivity contribution >= 4 is 11.1 Å². The van der Waals surface area contributed by atoms with Gasteiger partial charge in [-0.25, -0.2) is 4.57 Å². The van der Waals surface area contributed by atoms with Crippen LogP contribution in [0, 0.1) is 20.8 Å². The maximum absolute atomic E-state index is 5.41. The Morgan fingerprint density at radius 1 is 1.16 bits per heavy atom. The van der Waals surface area contributed by atoms with Crippen LogP contribution in [0.3, 0.4) is 0 Å². The largest absolute Gasteiger partial charge is 0.428 e. The van der Waals surface area contributed by atoms with E-state index >= 15 is 0 Å². The molecule has 2 aromatic heterocycles. The number of aryl methyl sites for hydroxylation is 3. The molecule has 3 nitrogen and oxygen atoms in total. The summed E-state index contributed by atoms with van der Waals surface area (Å²) >= 11 is 0. The first-order chi connectivity index (χ1) is 9.08. The zero-order valence-electron chi connectivity index (χ0n) is 11.7. The molecular weight excluding hydrogens is 236 g/mol. The van der Waals surface area contributed by atoms with Crippen molar-refractivity contribution in [2.75, 3.05) is 0 Å². The van der Waals surface area contributed by atoms with Gasteiger partial charge in [-0.05, 0) is 49.0 Å². The molecular formula is C16H17N2O+. The summed E-state index contributed by atoms with van der Waals surface area (Å²) in [6, 6.07) is 6.42. The van der Waals surface area contributed by atoms with Gasteiger partial charge in [0, 0.05) is 5.56 Å². The van der Waals surface area contributed by atoms with Crippen molar-refractivity contribution in [1.29, 1.82) is 0 Å². The minimum Gasteiger partial charge on any atom is -0.428 e. The molecule has 3 rings (SSSR count). The Morgan fingerprint density at radius 3 is 2.74 bits per heavy atom. The number of nitrogens with zero attached hydrogens (tertiary/aromatic N) is 2. The molecule has 0 saturated heterocycles. The van der Waals surface area contributed by atoms with E-state index in [1.807, 2.05) is 13.1 Å². The fraction of sp³-hybridized carbons (Fsp3) is 0.250. The lowest BCUT2D eigenvalue weighted by atomic mass is 9.96. The zero-order chi connectivity index (χ0) is 13.6. The number of hydrogen-bond donors (Lipinski definition) is 0. The van der Waals surface area contributed by atoms with Gasteiger partial charge in [-0.15, -0.1) is 0 Å². The maximum Gasteiger partial charge on any atom is 0.344 e. The fourth-order valence-corrected chi connectivity index (χ4v) is 2.59. The third-order valence-electron chi connectivity index (χ3n) is 3.67. The molecule has 0 N–H and O–H groups in total. The lowest BCUT2D eigenvalue weighted by molar-refractivity contribution is -0.662. The fourth-order valence-electron chi connectivity index (χ4n) is 2.59. The summed E-state index contributed by atoms with van der Waals surface area (Å²) in [7, 11) is 2.02. The molecule has 3 aromatic rings. The van der Waals surface area contributed by atoms with Crippen LogP contribution in [0.15, 0.2) is 35.2 Å². The lowest BCUT2D eigenvalue weighted by Crippen LogP contribution is -2.31. The van der Waals surface area contributed by atoms with E-state index in [-0.39, 0.29) is 0 Å². The van der Waals surface area contributed by atoms with Crippen LogP contribution in [0.5, 0.6) is 0 Å². The van der Waals surface area contributed by atoms with E-state index in [2.05, 4.69) is 42.5 Å². The van der Waals surface area contributed by atoms with E-state index in [4.69, 9.17) is 4.42 Å². The van der Waals surface area contributed by atoms with Crippen molar-refractivity contribution in [2.45, 2.75) is 20.8 Å². The first-order valence-electron chi connectivity index (χ1n) is 6.38. The summed E-state index contributed by atoms with van der Waals surface area (Å²) in [4.78, 5) is 4.30. The zero-order valence-corrected chi connectivity index (χ0v) is 11.7. The van der Waals surface area contributed by atoms with Crippen molar-refractivity contribution in [3.63, 3.8) is 0 Å². The molecule has 0 fully saturated rings. The average Bonchev–Trinajstić information content (AvgIpc) is 2.82. The molecule has 0 saturated carbocycles. The van der Waals surface area contributed by atoms with Gasteiger partial charge in [0.05, 0.1) is 13.3 Å².